The lowest BCUT2D eigenvalue weighted by Gasteiger charge is -2.30. The minimum Gasteiger partial charge on any atom is -0.371 e. The molecule has 0 saturated heterocycles. The van der Waals surface area contributed by atoms with E-state index in [2.05, 4.69) is 13.1 Å². The second-order valence-corrected chi connectivity index (χ2v) is 8.39. The van der Waals surface area contributed by atoms with Crippen molar-refractivity contribution < 1.29 is 4.79 Å². The van der Waals surface area contributed by atoms with Gasteiger partial charge in [-0.2, -0.15) is 0 Å². The number of amides is 1. The van der Waals surface area contributed by atoms with Crippen LogP contribution in [-0.4, -0.2) is 31.3 Å². The number of rotatable bonds is 2. The summed E-state index contributed by atoms with van der Waals surface area (Å²) in [6, 6.07) is 0. The van der Waals surface area contributed by atoms with Gasteiger partial charge in [-0.1, -0.05) is 13.1 Å². The number of alkyl halides is 1. The lowest BCUT2D eigenvalue weighted by Crippen LogP contribution is -2.50. The summed E-state index contributed by atoms with van der Waals surface area (Å²) in [6.45, 7) is 5.71. The highest BCUT2D eigenvalue weighted by molar-refractivity contribution is 6.82. The predicted molar refractivity (Wildman–Crippen MR) is 46.6 cm³/mol. The van der Waals surface area contributed by atoms with Crippen LogP contribution in [0.5, 0.6) is 0 Å². The molecule has 0 bridgehead atoms. The van der Waals surface area contributed by atoms with Crippen molar-refractivity contribution in [3.63, 3.8) is 0 Å². The maximum Gasteiger partial charge on any atom is 0.211 e. The molecule has 2 nitrogen and oxygen atoms in total. The maximum atomic E-state index is 10.9. The molecule has 0 rings (SSSR count). The molecule has 0 aromatic carbocycles. The van der Waals surface area contributed by atoms with Gasteiger partial charge in [-0.15, -0.1) is 11.6 Å². The molecule has 0 saturated carbocycles. The molecule has 0 aliphatic heterocycles. The Hall–Kier alpha value is -0.0231. The van der Waals surface area contributed by atoms with E-state index in [4.69, 9.17) is 11.6 Å². The molecule has 0 spiro atoms. The minimum atomic E-state index is -1.59. The Morgan fingerprint density at radius 2 is 2.00 bits per heavy atom. The zero-order chi connectivity index (χ0) is 8.36. The largest absolute Gasteiger partial charge is 0.371 e. The number of hydrogen-bond donors (Lipinski definition) is 0. The van der Waals surface area contributed by atoms with E-state index in [0.717, 1.165) is 0 Å². The van der Waals surface area contributed by atoms with Crippen LogP contribution in [0.15, 0.2) is 0 Å². The molecule has 0 atom stereocenters. The Bertz CT molecular complexity index is 138. The normalized spacial score (nSPS) is 11.3. The van der Waals surface area contributed by atoms with Gasteiger partial charge in [0.15, 0.2) is 8.24 Å². The molecule has 0 aliphatic carbocycles. The molecule has 0 heterocycles. The molecular formula is C6H14ClNOSi. The zero-order valence-electron chi connectivity index (χ0n) is 6.94. The van der Waals surface area contributed by atoms with E-state index < -0.39 is 8.24 Å². The fourth-order valence-corrected chi connectivity index (χ4v) is 2.09. The summed E-state index contributed by atoms with van der Waals surface area (Å²) in [4.78, 5) is 10.9. The first-order valence-corrected chi connectivity index (χ1v) is 6.91. The standard InChI is InChI=1S/C6H14ClNOSi/c1-6(9)8(2)10(3,4)5-7/h5H2,1-4H3. The molecule has 1 amide bonds. The molecular weight excluding hydrogens is 166 g/mol. The minimum absolute atomic E-state index is 0.109. The van der Waals surface area contributed by atoms with E-state index in [-0.39, 0.29) is 5.91 Å². The van der Waals surface area contributed by atoms with E-state index in [9.17, 15) is 4.79 Å². The van der Waals surface area contributed by atoms with Gasteiger partial charge in [0.05, 0.1) is 0 Å². The van der Waals surface area contributed by atoms with E-state index in [1.54, 1.807) is 11.5 Å². The fraction of sp³-hybridized carbons (Fsp3) is 0.833. The van der Waals surface area contributed by atoms with E-state index in [1.807, 2.05) is 7.05 Å². The van der Waals surface area contributed by atoms with Crippen molar-refractivity contribution in [2.75, 3.05) is 12.6 Å². The summed E-state index contributed by atoms with van der Waals surface area (Å²) >= 11 is 5.70. The smallest absolute Gasteiger partial charge is 0.211 e. The van der Waals surface area contributed by atoms with E-state index in [0.29, 0.717) is 5.50 Å². The van der Waals surface area contributed by atoms with Crippen LogP contribution in [0.1, 0.15) is 6.92 Å². The summed E-state index contributed by atoms with van der Waals surface area (Å²) < 4.78 is 1.78. The van der Waals surface area contributed by atoms with Gasteiger partial charge in [0, 0.05) is 19.5 Å². The molecule has 0 unspecified atom stereocenters. The Kier molecular flexibility index (Phi) is 3.38. The average molecular weight is 180 g/mol. The fourth-order valence-electron chi connectivity index (χ4n) is 0.516. The highest BCUT2D eigenvalue weighted by Gasteiger charge is 2.27. The van der Waals surface area contributed by atoms with Gasteiger partial charge in [0.1, 0.15) is 0 Å². The van der Waals surface area contributed by atoms with Crippen LogP contribution in [0.2, 0.25) is 13.1 Å². The van der Waals surface area contributed by atoms with Crippen LogP contribution in [0.25, 0.3) is 0 Å². The summed E-state index contributed by atoms with van der Waals surface area (Å²) in [7, 11) is 0.222. The molecule has 4 heteroatoms. The molecule has 0 aromatic heterocycles. The zero-order valence-corrected chi connectivity index (χ0v) is 8.70. The average Bonchev–Trinajstić information content (AvgIpc) is 1.86. The molecule has 0 aliphatic rings. The summed E-state index contributed by atoms with van der Waals surface area (Å²) in [5, 5.41) is 0. The predicted octanol–water partition coefficient (Wildman–Crippen LogP) is 1.45. The first-order chi connectivity index (χ1) is 4.41. The monoisotopic (exact) mass is 179 g/mol. The van der Waals surface area contributed by atoms with Crippen molar-refractivity contribution in [3.05, 3.63) is 0 Å². The molecule has 0 N–H and O–H groups in total. The summed E-state index contributed by atoms with van der Waals surface area (Å²) in [5.74, 6) is 0.109. The van der Waals surface area contributed by atoms with Gasteiger partial charge in [-0.25, -0.2) is 0 Å². The number of halogens is 1. The molecule has 0 fully saturated rings. The first kappa shape index (κ1) is 9.98. The third-order valence-corrected chi connectivity index (χ3v) is 6.45. The maximum absolute atomic E-state index is 10.9. The van der Waals surface area contributed by atoms with Crippen molar-refractivity contribution in [3.8, 4) is 0 Å². The Morgan fingerprint density at radius 1 is 1.60 bits per heavy atom. The van der Waals surface area contributed by atoms with Crippen LogP contribution >= 0.6 is 11.6 Å². The Labute approximate surface area is 68.2 Å². The highest BCUT2D eigenvalue weighted by atomic mass is 35.5. The second kappa shape index (κ2) is 3.39. The summed E-state index contributed by atoms with van der Waals surface area (Å²) in [5.41, 5.74) is 0.600. The molecule has 10 heavy (non-hydrogen) atoms. The van der Waals surface area contributed by atoms with Crippen LogP contribution in [0, 0.1) is 0 Å². The van der Waals surface area contributed by atoms with Crippen LogP contribution < -0.4 is 0 Å². The van der Waals surface area contributed by atoms with Gasteiger partial charge in [0.25, 0.3) is 0 Å². The van der Waals surface area contributed by atoms with Gasteiger partial charge in [-0.05, 0) is 0 Å². The van der Waals surface area contributed by atoms with Crippen LogP contribution in [0.3, 0.4) is 0 Å². The Balaban J connectivity index is 4.17. The number of carbonyl (C=O) groups is 1. The lowest BCUT2D eigenvalue weighted by atomic mass is 10.7. The van der Waals surface area contributed by atoms with Crippen molar-refractivity contribution >= 4 is 25.7 Å². The van der Waals surface area contributed by atoms with Crippen molar-refractivity contribution in [2.24, 2.45) is 0 Å². The van der Waals surface area contributed by atoms with Gasteiger partial charge in [0.2, 0.25) is 5.91 Å². The van der Waals surface area contributed by atoms with Crippen molar-refractivity contribution in [2.45, 2.75) is 20.0 Å². The van der Waals surface area contributed by atoms with E-state index >= 15 is 0 Å². The summed E-state index contributed by atoms with van der Waals surface area (Å²) in [6.07, 6.45) is 0. The second-order valence-electron chi connectivity index (χ2n) is 3.02. The number of carbonyl (C=O) groups excluding carboxylic acids is 1. The van der Waals surface area contributed by atoms with Gasteiger partial charge >= 0.3 is 0 Å². The van der Waals surface area contributed by atoms with Crippen molar-refractivity contribution in [1.82, 2.24) is 4.57 Å². The SMILES string of the molecule is CC(=O)N(C)[Si](C)(C)CCl. The van der Waals surface area contributed by atoms with Crippen LogP contribution in [0.4, 0.5) is 0 Å². The van der Waals surface area contributed by atoms with Crippen LogP contribution in [-0.2, 0) is 4.79 Å². The Morgan fingerprint density at radius 3 is 2.10 bits per heavy atom. The third kappa shape index (κ3) is 2.31. The lowest BCUT2D eigenvalue weighted by molar-refractivity contribution is -0.123. The first-order valence-electron chi connectivity index (χ1n) is 3.22. The number of hydrogen-bond acceptors (Lipinski definition) is 1. The molecule has 60 valence electrons. The third-order valence-electron chi connectivity index (χ3n) is 1.71. The molecule has 0 radical (unpaired) electrons. The van der Waals surface area contributed by atoms with E-state index in [1.165, 1.54) is 0 Å². The van der Waals surface area contributed by atoms with Gasteiger partial charge < -0.3 is 4.57 Å². The molecule has 0 aromatic rings. The quantitative estimate of drug-likeness (QED) is 0.464. The van der Waals surface area contributed by atoms with Crippen molar-refractivity contribution in [1.29, 1.82) is 0 Å². The number of nitrogens with zero attached hydrogens (tertiary/aromatic N) is 1. The highest BCUT2D eigenvalue weighted by Crippen LogP contribution is 2.08. The topological polar surface area (TPSA) is 20.3 Å². The van der Waals surface area contributed by atoms with Gasteiger partial charge in [-0.3, -0.25) is 4.79 Å².